The number of nitrogens with one attached hydrogen (secondary N) is 2. The van der Waals surface area contributed by atoms with Crippen LogP contribution in [0.2, 0.25) is 0 Å². The fraction of sp³-hybridized carbons (Fsp3) is 0.758. The molecule has 0 aromatic heterocycles. The van der Waals surface area contributed by atoms with E-state index in [0.717, 1.165) is 37.8 Å². The minimum Gasteiger partial charge on any atom is -0.390 e. The van der Waals surface area contributed by atoms with Crippen LogP contribution in [0.15, 0.2) is 30.3 Å². The van der Waals surface area contributed by atoms with E-state index in [1.807, 2.05) is 63.1 Å². The lowest BCUT2D eigenvalue weighted by Gasteiger charge is -2.33. The first-order chi connectivity index (χ1) is 20.3. The topological polar surface area (TPSA) is 136 Å². The fourth-order valence-electron chi connectivity index (χ4n) is 5.74. The van der Waals surface area contributed by atoms with Crippen LogP contribution in [-0.4, -0.2) is 91.8 Å². The second-order valence-corrected chi connectivity index (χ2v) is 15.3. The first kappa shape index (κ1) is 37.2. The summed E-state index contributed by atoms with van der Waals surface area (Å²) in [7, 11) is -1.63. The Kier molecular flexibility index (Phi) is 16.2. The van der Waals surface area contributed by atoms with Crippen LogP contribution in [-0.2, 0) is 25.8 Å². The lowest BCUT2D eigenvalue weighted by Crippen LogP contribution is -2.52. The van der Waals surface area contributed by atoms with Crippen LogP contribution in [0.5, 0.6) is 0 Å². The molecule has 2 amide bonds. The maximum Gasteiger partial charge on any atom is 0.224 e. The molecule has 0 spiro atoms. The largest absolute Gasteiger partial charge is 0.390 e. The van der Waals surface area contributed by atoms with E-state index in [4.69, 9.17) is 0 Å². The zero-order chi connectivity index (χ0) is 32.0. The third-order valence-electron chi connectivity index (χ3n) is 8.66. The SMILES string of the molecule is CCN(C)CCS(=O)(=O)CC(Cc1ccccc1)C(=O)NCC(C)C(=O)NC(CC1CCCCC1)C(O)C(O)CC(C)C. The predicted molar refractivity (Wildman–Crippen MR) is 172 cm³/mol. The number of aliphatic hydroxyl groups is 2. The highest BCUT2D eigenvalue weighted by Gasteiger charge is 2.32. The maximum atomic E-state index is 13.3. The summed E-state index contributed by atoms with van der Waals surface area (Å²) in [5.74, 6) is -1.83. The highest BCUT2D eigenvalue weighted by molar-refractivity contribution is 7.91. The second kappa shape index (κ2) is 18.7. The molecule has 1 aliphatic carbocycles. The Hall–Kier alpha value is -2.01. The Morgan fingerprint density at radius 1 is 1.02 bits per heavy atom. The third kappa shape index (κ3) is 14.1. The van der Waals surface area contributed by atoms with Crippen LogP contribution in [0.1, 0.15) is 78.2 Å². The summed E-state index contributed by atoms with van der Waals surface area (Å²) in [4.78, 5) is 28.5. The average molecular weight is 624 g/mol. The summed E-state index contributed by atoms with van der Waals surface area (Å²) in [6.45, 7) is 8.80. The maximum absolute atomic E-state index is 13.3. The van der Waals surface area contributed by atoms with Gasteiger partial charge in [0.05, 0.1) is 35.5 Å². The monoisotopic (exact) mass is 623 g/mol. The van der Waals surface area contributed by atoms with Gasteiger partial charge in [-0.1, -0.05) is 90.1 Å². The quantitative estimate of drug-likeness (QED) is 0.186. The Morgan fingerprint density at radius 3 is 2.28 bits per heavy atom. The second-order valence-electron chi connectivity index (χ2n) is 13.1. The molecule has 0 aliphatic heterocycles. The van der Waals surface area contributed by atoms with E-state index in [-0.39, 0.29) is 36.3 Å². The molecule has 0 saturated heterocycles. The molecule has 9 nitrogen and oxygen atoms in total. The van der Waals surface area contributed by atoms with E-state index in [1.165, 1.54) is 6.42 Å². The lowest BCUT2D eigenvalue weighted by atomic mass is 9.82. The number of sulfone groups is 1. The van der Waals surface area contributed by atoms with Crippen molar-refractivity contribution in [3.63, 3.8) is 0 Å². The van der Waals surface area contributed by atoms with Gasteiger partial charge in [-0.15, -0.1) is 0 Å². The van der Waals surface area contributed by atoms with Gasteiger partial charge in [-0.25, -0.2) is 8.42 Å². The molecule has 5 atom stereocenters. The summed E-state index contributed by atoms with van der Waals surface area (Å²) in [5, 5.41) is 27.5. The number of amides is 2. The van der Waals surface area contributed by atoms with E-state index < -0.39 is 45.8 Å². The molecule has 0 heterocycles. The molecule has 1 saturated carbocycles. The molecule has 1 aliphatic rings. The molecular weight excluding hydrogens is 566 g/mol. The molecule has 4 N–H and O–H groups in total. The van der Waals surface area contributed by atoms with Crippen molar-refractivity contribution in [2.24, 2.45) is 23.7 Å². The zero-order valence-corrected chi connectivity index (χ0v) is 27.8. The molecule has 246 valence electrons. The summed E-state index contributed by atoms with van der Waals surface area (Å²) >= 11 is 0. The van der Waals surface area contributed by atoms with Crippen molar-refractivity contribution in [1.82, 2.24) is 15.5 Å². The van der Waals surface area contributed by atoms with Crippen LogP contribution >= 0.6 is 0 Å². The standard InChI is InChI=1S/C33H57N3O6S/c1-6-36(5)17-18-43(41,42)23-28(20-26-13-9-7-10-14-26)33(40)34-22-25(4)32(39)35-29(21-27-15-11-8-12-16-27)31(38)30(37)19-24(2)3/h7,9-10,13-14,24-25,27-31,37-38H,6,8,11-12,15-23H2,1-5H3,(H,34,40)(H,35,39). The lowest BCUT2D eigenvalue weighted by molar-refractivity contribution is -0.128. The number of aliphatic hydroxyl groups excluding tert-OH is 2. The number of carbonyl (C=O) groups excluding carboxylic acids is 2. The Balaban J connectivity index is 2.06. The first-order valence-corrected chi connectivity index (χ1v) is 18.0. The number of nitrogens with zero attached hydrogens (tertiary/aromatic N) is 1. The number of carbonyl (C=O) groups is 2. The van der Waals surface area contributed by atoms with Crippen molar-refractivity contribution in [3.05, 3.63) is 35.9 Å². The summed E-state index contributed by atoms with van der Waals surface area (Å²) in [6.07, 6.45) is 4.85. The Morgan fingerprint density at radius 2 is 1.67 bits per heavy atom. The highest BCUT2D eigenvalue weighted by Crippen LogP contribution is 2.29. The minimum atomic E-state index is -3.50. The van der Waals surface area contributed by atoms with Gasteiger partial charge < -0.3 is 25.7 Å². The summed E-state index contributed by atoms with van der Waals surface area (Å²) < 4.78 is 25.9. The van der Waals surface area contributed by atoms with Gasteiger partial charge in [0.2, 0.25) is 11.8 Å². The molecule has 43 heavy (non-hydrogen) atoms. The minimum absolute atomic E-state index is 0.0257. The number of hydrogen-bond acceptors (Lipinski definition) is 7. The molecule has 1 fully saturated rings. The van der Waals surface area contributed by atoms with Gasteiger partial charge in [0.25, 0.3) is 0 Å². The van der Waals surface area contributed by atoms with Gasteiger partial charge >= 0.3 is 0 Å². The highest BCUT2D eigenvalue weighted by atomic mass is 32.2. The van der Waals surface area contributed by atoms with E-state index >= 15 is 0 Å². The van der Waals surface area contributed by atoms with Crippen molar-refractivity contribution in [2.75, 3.05) is 38.2 Å². The fourth-order valence-corrected chi connectivity index (χ4v) is 7.38. The van der Waals surface area contributed by atoms with Gasteiger partial charge in [0.1, 0.15) is 6.10 Å². The van der Waals surface area contributed by atoms with Crippen molar-refractivity contribution in [3.8, 4) is 0 Å². The summed E-state index contributed by atoms with van der Waals surface area (Å²) in [6, 6.07) is 8.75. The van der Waals surface area contributed by atoms with Crippen LogP contribution in [0, 0.1) is 23.7 Å². The van der Waals surface area contributed by atoms with Crippen LogP contribution < -0.4 is 10.6 Å². The van der Waals surface area contributed by atoms with Crippen molar-refractivity contribution >= 4 is 21.7 Å². The average Bonchev–Trinajstić information content (AvgIpc) is 2.97. The smallest absolute Gasteiger partial charge is 0.224 e. The molecule has 10 heteroatoms. The predicted octanol–water partition coefficient (Wildman–Crippen LogP) is 3.19. The van der Waals surface area contributed by atoms with E-state index in [9.17, 15) is 28.2 Å². The molecule has 2 rings (SSSR count). The third-order valence-corrected chi connectivity index (χ3v) is 10.4. The van der Waals surface area contributed by atoms with Crippen LogP contribution in [0.4, 0.5) is 0 Å². The van der Waals surface area contributed by atoms with E-state index in [0.29, 0.717) is 25.3 Å². The summed E-state index contributed by atoms with van der Waals surface area (Å²) in [5.41, 5.74) is 0.869. The Labute approximate surface area is 260 Å². The van der Waals surface area contributed by atoms with E-state index in [1.54, 1.807) is 6.92 Å². The number of benzene rings is 1. The number of rotatable bonds is 19. The normalized spacial score (nSPS) is 18.2. The van der Waals surface area contributed by atoms with Gasteiger partial charge in [0, 0.05) is 13.1 Å². The van der Waals surface area contributed by atoms with Gasteiger partial charge in [-0.05, 0) is 50.3 Å². The Bertz CT molecular complexity index is 1060. The zero-order valence-electron chi connectivity index (χ0n) is 27.0. The molecule has 0 bridgehead atoms. The van der Waals surface area contributed by atoms with E-state index in [2.05, 4.69) is 10.6 Å². The van der Waals surface area contributed by atoms with Crippen LogP contribution in [0.25, 0.3) is 0 Å². The molecule has 1 aromatic rings. The van der Waals surface area contributed by atoms with Gasteiger partial charge in [-0.2, -0.15) is 0 Å². The van der Waals surface area contributed by atoms with Crippen molar-refractivity contribution < 1.29 is 28.2 Å². The molecular formula is C33H57N3O6S. The van der Waals surface area contributed by atoms with Gasteiger partial charge in [0.15, 0.2) is 9.84 Å². The first-order valence-electron chi connectivity index (χ1n) is 16.2. The van der Waals surface area contributed by atoms with Crippen molar-refractivity contribution in [1.29, 1.82) is 0 Å². The molecule has 1 aromatic carbocycles. The molecule has 5 unspecified atom stereocenters. The van der Waals surface area contributed by atoms with Crippen LogP contribution in [0.3, 0.4) is 0 Å². The van der Waals surface area contributed by atoms with Crippen molar-refractivity contribution in [2.45, 2.75) is 97.3 Å². The molecule has 0 radical (unpaired) electrons. The van der Waals surface area contributed by atoms with Gasteiger partial charge in [-0.3, -0.25) is 9.59 Å². The number of hydrogen-bond donors (Lipinski definition) is 4.